The Bertz CT molecular complexity index is 1480. The third kappa shape index (κ3) is 6.46. The van der Waals surface area contributed by atoms with E-state index in [0.717, 1.165) is 49.8 Å². The van der Waals surface area contributed by atoms with E-state index in [4.69, 9.17) is 30.2 Å². The summed E-state index contributed by atoms with van der Waals surface area (Å²) < 4.78 is 13.0. The third-order valence-corrected chi connectivity index (χ3v) is 6.32. The van der Waals surface area contributed by atoms with Gasteiger partial charge in [0.15, 0.2) is 5.65 Å². The fourth-order valence-electron chi connectivity index (χ4n) is 4.51. The summed E-state index contributed by atoms with van der Waals surface area (Å²) in [6.07, 6.45) is 3.39. The highest BCUT2D eigenvalue weighted by Gasteiger charge is 2.24. The molecule has 0 radical (unpaired) electrons. The number of ether oxygens (including phenoxy) is 2. The molecule has 2 aromatic carbocycles. The molecular formula is C28H33N7O5. The Hall–Kier alpha value is -4.71. The van der Waals surface area contributed by atoms with Gasteiger partial charge in [-0.2, -0.15) is 5.10 Å². The number of rotatable bonds is 7. The first-order valence-corrected chi connectivity index (χ1v) is 12.9. The first kappa shape index (κ1) is 28.3. The average Bonchev–Trinajstić information content (AvgIpc) is 3.35. The monoisotopic (exact) mass is 547 g/mol. The van der Waals surface area contributed by atoms with Crippen LogP contribution in [0, 0.1) is 0 Å². The minimum Gasteiger partial charge on any atom is -0.495 e. The topological polar surface area (TPSA) is 167 Å². The van der Waals surface area contributed by atoms with Crippen LogP contribution in [0.25, 0.3) is 22.3 Å². The molecule has 1 saturated heterocycles. The average molecular weight is 548 g/mol. The number of nitrogen functional groups attached to an aromatic ring is 1. The van der Waals surface area contributed by atoms with Gasteiger partial charge in [-0.1, -0.05) is 6.07 Å². The number of hydrogen-bond acceptors (Lipinski definition) is 9. The van der Waals surface area contributed by atoms with Crippen LogP contribution in [0.4, 0.5) is 11.5 Å². The molecule has 1 fully saturated rings. The SMILES string of the molecule is CC(=O)O.CCOc1ccc(C(=O)Nc2ccc(-c3nn(C4CCNCC4)c4ncnc(N)c34)cc2OC)cc1. The molecule has 0 spiro atoms. The lowest BCUT2D eigenvalue weighted by atomic mass is 10.1. The molecule has 1 amide bonds. The van der Waals surface area contributed by atoms with Crippen LogP contribution in [0.5, 0.6) is 11.5 Å². The molecule has 5 N–H and O–H groups in total. The summed E-state index contributed by atoms with van der Waals surface area (Å²) in [5.74, 6) is 0.520. The van der Waals surface area contributed by atoms with Crippen LogP contribution in [0.1, 0.15) is 43.1 Å². The van der Waals surface area contributed by atoms with Crippen molar-refractivity contribution >= 4 is 34.4 Å². The molecule has 1 aliphatic heterocycles. The summed E-state index contributed by atoms with van der Waals surface area (Å²) in [4.78, 5) is 30.6. The van der Waals surface area contributed by atoms with Crippen molar-refractivity contribution in [1.82, 2.24) is 25.1 Å². The number of nitrogens with one attached hydrogen (secondary N) is 2. The van der Waals surface area contributed by atoms with Crippen LogP contribution in [0.3, 0.4) is 0 Å². The number of methoxy groups -OCH3 is 1. The van der Waals surface area contributed by atoms with Crippen LogP contribution in [0.15, 0.2) is 48.8 Å². The van der Waals surface area contributed by atoms with Crippen LogP contribution < -0.4 is 25.8 Å². The van der Waals surface area contributed by atoms with Gasteiger partial charge in [0, 0.05) is 18.1 Å². The Kier molecular flexibility index (Phi) is 9.12. The molecule has 0 atom stereocenters. The smallest absolute Gasteiger partial charge is 0.300 e. The second-order valence-corrected chi connectivity index (χ2v) is 9.08. The summed E-state index contributed by atoms with van der Waals surface area (Å²) in [6, 6.07) is 12.8. The number of nitrogens with zero attached hydrogens (tertiary/aromatic N) is 4. The van der Waals surface area contributed by atoms with Gasteiger partial charge in [-0.05, 0) is 69.3 Å². The minimum atomic E-state index is -0.833. The van der Waals surface area contributed by atoms with E-state index < -0.39 is 5.97 Å². The number of benzene rings is 2. The number of nitrogens with two attached hydrogens (primary N) is 1. The molecule has 40 heavy (non-hydrogen) atoms. The molecular weight excluding hydrogens is 514 g/mol. The summed E-state index contributed by atoms with van der Waals surface area (Å²) >= 11 is 0. The number of anilines is 2. The summed E-state index contributed by atoms with van der Waals surface area (Å²) in [5, 5.41) is 19.4. The maximum Gasteiger partial charge on any atom is 0.300 e. The van der Waals surface area contributed by atoms with Gasteiger partial charge in [-0.25, -0.2) is 14.6 Å². The van der Waals surface area contributed by atoms with Crippen LogP contribution in [-0.4, -0.2) is 63.5 Å². The Labute approximate surface area is 231 Å². The molecule has 0 unspecified atom stereocenters. The molecule has 5 rings (SSSR count). The minimum absolute atomic E-state index is 0.228. The number of piperidine rings is 1. The van der Waals surface area contributed by atoms with Crippen LogP contribution in [0.2, 0.25) is 0 Å². The fraction of sp³-hybridized carbons (Fsp3) is 0.321. The van der Waals surface area contributed by atoms with E-state index in [-0.39, 0.29) is 11.9 Å². The molecule has 2 aromatic heterocycles. The molecule has 1 aliphatic rings. The fourth-order valence-corrected chi connectivity index (χ4v) is 4.51. The van der Waals surface area contributed by atoms with Crippen molar-refractivity contribution in [3.05, 3.63) is 54.4 Å². The van der Waals surface area contributed by atoms with Crippen molar-refractivity contribution in [2.75, 3.05) is 37.9 Å². The maximum atomic E-state index is 12.8. The van der Waals surface area contributed by atoms with Gasteiger partial charge in [0.2, 0.25) is 0 Å². The van der Waals surface area contributed by atoms with Crippen molar-refractivity contribution in [1.29, 1.82) is 0 Å². The van der Waals surface area contributed by atoms with Crippen molar-refractivity contribution in [3.8, 4) is 22.8 Å². The third-order valence-electron chi connectivity index (χ3n) is 6.32. The number of carboxylic acid groups (broad SMARTS) is 1. The number of carbonyl (C=O) groups excluding carboxylic acids is 1. The van der Waals surface area contributed by atoms with E-state index in [1.807, 2.05) is 23.7 Å². The second-order valence-electron chi connectivity index (χ2n) is 9.08. The molecule has 4 aromatic rings. The second kappa shape index (κ2) is 12.9. The lowest BCUT2D eigenvalue weighted by Crippen LogP contribution is -2.30. The normalized spacial score (nSPS) is 13.3. The van der Waals surface area contributed by atoms with Crippen LogP contribution >= 0.6 is 0 Å². The van der Waals surface area contributed by atoms with Gasteiger partial charge in [-0.15, -0.1) is 0 Å². The first-order valence-electron chi connectivity index (χ1n) is 12.9. The Balaban J connectivity index is 0.000000867. The predicted molar refractivity (Wildman–Crippen MR) is 152 cm³/mol. The first-order chi connectivity index (χ1) is 19.3. The van der Waals surface area contributed by atoms with E-state index in [2.05, 4.69) is 20.6 Å². The molecule has 0 saturated carbocycles. The lowest BCUT2D eigenvalue weighted by molar-refractivity contribution is -0.134. The molecule has 0 aliphatic carbocycles. The van der Waals surface area contributed by atoms with Gasteiger partial charge < -0.3 is 30.9 Å². The number of amides is 1. The lowest BCUT2D eigenvalue weighted by Gasteiger charge is -2.23. The largest absolute Gasteiger partial charge is 0.495 e. The summed E-state index contributed by atoms with van der Waals surface area (Å²) in [7, 11) is 1.56. The number of carboxylic acids is 1. The van der Waals surface area contributed by atoms with E-state index in [1.54, 1.807) is 37.4 Å². The Morgan fingerprint density at radius 1 is 1.15 bits per heavy atom. The van der Waals surface area contributed by atoms with Gasteiger partial charge in [0.05, 0.1) is 30.8 Å². The van der Waals surface area contributed by atoms with E-state index in [0.29, 0.717) is 40.5 Å². The zero-order valence-corrected chi connectivity index (χ0v) is 22.7. The van der Waals surface area contributed by atoms with Gasteiger partial charge >= 0.3 is 0 Å². The zero-order valence-electron chi connectivity index (χ0n) is 22.7. The van der Waals surface area contributed by atoms with Crippen molar-refractivity contribution in [2.45, 2.75) is 32.7 Å². The highest BCUT2D eigenvalue weighted by atomic mass is 16.5. The molecule has 0 bridgehead atoms. The van der Waals surface area contributed by atoms with Gasteiger partial charge in [-0.3, -0.25) is 9.59 Å². The number of carbonyl (C=O) groups is 2. The quantitative estimate of drug-likeness (QED) is 0.268. The summed E-state index contributed by atoms with van der Waals surface area (Å²) in [5.41, 5.74) is 9.55. The van der Waals surface area contributed by atoms with E-state index in [9.17, 15) is 4.79 Å². The Morgan fingerprint density at radius 3 is 2.50 bits per heavy atom. The van der Waals surface area contributed by atoms with E-state index >= 15 is 0 Å². The van der Waals surface area contributed by atoms with Crippen molar-refractivity contribution < 1.29 is 24.2 Å². The standard InChI is InChI=1S/C26H29N7O3.C2H4O2/c1-3-36-19-7-4-16(5-8-19)26(34)31-20-9-6-17(14-21(20)35-2)23-22-24(27)29-15-30-25(22)33(32-23)18-10-12-28-13-11-18;1-2(3)4/h4-9,14-15,18,28H,3,10-13H2,1-2H3,(H,31,34)(H2,27,29,30);1H3,(H,3,4). The molecule has 210 valence electrons. The number of aliphatic carboxylic acids is 1. The predicted octanol–water partition coefficient (Wildman–Crippen LogP) is 3.75. The highest BCUT2D eigenvalue weighted by Crippen LogP contribution is 2.37. The molecule has 12 nitrogen and oxygen atoms in total. The maximum absolute atomic E-state index is 12.8. The van der Waals surface area contributed by atoms with Crippen LogP contribution in [-0.2, 0) is 4.79 Å². The summed E-state index contributed by atoms with van der Waals surface area (Å²) in [6.45, 7) is 5.42. The van der Waals surface area contributed by atoms with E-state index in [1.165, 1.54) is 6.33 Å². The zero-order chi connectivity index (χ0) is 28.6. The highest BCUT2D eigenvalue weighted by molar-refractivity contribution is 6.05. The van der Waals surface area contributed by atoms with Gasteiger partial charge in [0.1, 0.15) is 29.3 Å². The van der Waals surface area contributed by atoms with Gasteiger partial charge in [0.25, 0.3) is 11.9 Å². The molecule has 12 heteroatoms. The van der Waals surface area contributed by atoms with Crippen molar-refractivity contribution in [2.24, 2.45) is 0 Å². The molecule has 3 heterocycles. The van der Waals surface area contributed by atoms with Crippen molar-refractivity contribution in [3.63, 3.8) is 0 Å². The number of fused-ring (bicyclic) bond motifs is 1. The number of hydrogen-bond donors (Lipinski definition) is 4. The number of aromatic nitrogens is 4. The Morgan fingerprint density at radius 2 is 1.85 bits per heavy atom.